The highest BCUT2D eigenvalue weighted by molar-refractivity contribution is 5.92. The van der Waals surface area contributed by atoms with E-state index in [1.54, 1.807) is 25.1 Å². The van der Waals surface area contributed by atoms with Crippen LogP contribution in [0.1, 0.15) is 36.5 Å². The van der Waals surface area contributed by atoms with Crippen LogP contribution in [0.4, 0.5) is 16.0 Å². The molecule has 2 rings (SSSR count). The predicted octanol–water partition coefficient (Wildman–Crippen LogP) is 3.44. The second kappa shape index (κ2) is 7.67. The molecular weight excluding hydrogens is 295 g/mol. The van der Waals surface area contributed by atoms with Crippen molar-refractivity contribution in [3.05, 3.63) is 47.5 Å². The van der Waals surface area contributed by atoms with E-state index in [9.17, 15) is 9.18 Å². The molecule has 0 fully saturated rings. The number of nitrogens with one attached hydrogen (secondary N) is 2. The van der Waals surface area contributed by atoms with E-state index in [1.807, 2.05) is 0 Å². The van der Waals surface area contributed by atoms with Gasteiger partial charge in [-0.25, -0.2) is 14.4 Å². The third-order valence-corrected chi connectivity index (χ3v) is 3.17. The largest absolute Gasteiger partial charge is 0.351 e. The smallest absolute Gasteiger partial charge is 0.270 e. The molecule has 0 unspecified atom stereocenters. The lowest BCUT2D eigenvalue weighted by atomic mass is 10.1. The van der Waals surface area contributed by atoms with Crippen molar-refractivity contribution in [2.24, 2.45) is 5.92 Å². The molecule has 0 radical (unpaired) electrons. The number of halogens is 1. The number of anilines is 2. The molecule has 2 aromatic rings. The van der Waals surface area contributed by atoms with E-state index in [4.69, 9.17) is 0 Å². The molecule has 1 aromatic heterocycles. The average molecular weight is 316 g/mol. The summed E-state index contributed by atoms with van der Waals surface area (Å²) >= 11 is 0. The summed E-state index contributed by atoms with van der Waals surface area (Å²) in [4.78, 5) is 20.6. The number of hydrogen-bond donors (Lipinski definition) is 2. The Morgan fingerprint density at radius 1 is 1.26 bits per heavy atom. The van der Waals surface area contributed by atoms with Crippen molar-refractivity contribution in [2.75, 3.05) is 11.9 Å². The molecule has 0 atom stereocenters. The summed E-state index contributed by atoms with van der Waals surface area (Å²) < 4.78 is 13.2. The number of amides is 1. The van der Waals surface area contributed by atoms with Crippen molar-refractivity contribution in [1.29, 1.82) is 0 Å². The van der Waals surface area contributed by atoms with Gasteiger partial charge in [-0.3, -0.25) is 4.79 Å². The topological polar surface area (TPSA) is 66.9 Å². The molecule has 1 amide bonds. The van der Waals surface area contributed by atoms with Crippen molar-refractivity contribution in [3.63, 3.8) is 0 Å². The Labute approximate surface area is 135 Å². The molecule has 5 nitrogen and oxygen atoms in total. The quantitative estimate of drug-likeness (QED) is 0.856. The molecule has 23 heavy (non-hydrogen) atoms. The first-order valence-electron chi connectivity index (χ1n) is 7.60. The second-order valence-electron chi connectivity index (χ2n) is 5.79. The highest BCUT2D eigenvalue weighted by Crippen LogP contribution is 2.15. The highest BCUT2D eigenvalue weighted by atomic mass is 19.1. The molecule has 0 aliphatic rings. The minimum atomic E-state index is -0.352. The molecule has 0 saturated carbocycles. The molecule has 0 spiro atoms. The van der Waals surface area contributed by atoms with Crippen LogP contribution < -0.4 is 10.6 Å². The van der Waals surface area contributed by atoms with Gasteiger partial charge in [-0.15, -0.1) is 0 Å². The van der Waals surface area contributed by atoms with Crippen molar-refractivity contribution in [3.8, 4) is 0 Å². The van der Waals surface area contributed by atoms with Crippen LogP contribution in [0.2, 0.25) is 0 Å². The molecule has 0 aliphatic carbocycles. The van der Waals surface area contributed by atoms with E-state index >= 15 is 0 Å². The Bertz CT molecular complexity index is 688. The zero-order chi connectivity index (χ0) is 16.8. The Kier molecular flexibility index (Phi) is 5.62. The van der Waals surface area contributed by atoms with Crippen LogP contribution in [0.25, 0.3) is 0 Å². The van der Waals surface area contributed by atoms with Crippen LogP contribution in [0.5, 0.6) is 0 Å². The monoisotopic (exact) mass is 316 g/mol. The molecule has 1 heterocycles. The molecule has 0 bridgehead atoms. The summed E-state index contributed by atoms with van der Waals surface area (Å²) in [6.45, 7) is 6.58. The number of rotatable bonds is 6. The minimum Gasteiger partial charge on any atom is -0.351 e. The zero-order valence-electron chi connectivity index (χ0n) is 13.6. The van der Waals surface area contributed by atoms with E-state index in [2.05, 4.69) is 34.4 Å². The number of nitrogens with zero attached hydrogens (tertiary/aromatic N) is 2. The van der Waals surface area contributed by atoms with E-state index in [0.29, 0.717) is 29.5 Å². The number of hydrogen-bond acceptors (Lipinski definition) is 4. The van der Waals surface area contributed by atoms with Crippen LogP contribution in [-0.2, 0) is 0 Å². The molecule has 6 heteroatoms. The van der Waals surface area contributed by atoms with Gasteiger partial charge < -0.3 is 10.6 Å². The summed E-state index contributed by atoms with van der Waals surface area (Å²) in [6, 6.07) is 7.62. The number of carbonyl (C=O) groups is 1. The van der Waals surface area contributed by atoms with Gasteiger partial charge in [-0.2, -0.15) is 0 Å². The standard InChI is InChI=1S/C17H21FN4O/c1-11(2)7-8-19-16(23)15-9-12(3)20-17(22-15)21-14-6-4-5-13(18)10-14/h4-6,9-11H,7-8H2,1-3H3,(H,19,23)(H,20,21,22). The summed E-state index contributed by atoms with van der Waals surface area (Å²) in [7, 11) is 0. The maximum absolute atomic E-state index is 13.2. The summed E-state index contributed by atoms with van der Waals surface area (Å²) in [6.07, 6.45) is 0.907. The first kappa shape index (κ1) is 16.9. The van der Waals surface area contributed by atoms with Gasteiger partial charge >= 0.3 is 0 Å². The van der Waals surface area contributed by atoms with Gasteiger partial charge in [0.05, 0.1) is 0 Å². The fraction of sp³-hybridized carbons (Fsp3) is 0.353. The van der Waals surface area contributed by atoms with Crippen molar-refractivity contribution >= 4 is 17.5 Å². The number of benzene rings is 1. The molecule has 2 N–H and O–H groups in total. The van der Waals surface area contributed by atoms with Crippen molar-refractivity contribution in [1.82, 2.24) is 15.3 Å². The van der Waals surface area contributed by atoms with Crippen LogP contribution in [-0.4, -0.2) is 22.4 Å². The zero-order valence-corrected chi connectivity index (χ0v) is 13.6. The third kappa shape index (κ3) is 5.32. The van der Waals surface area contributed by atoms with Gasteiger partial charge in [0.2, 0.25) is 5.95 Å². The predicted molar refractivity (Wildman–Crippen MR) is 88.2 cm³/mol. The average Bonchev–Trinajstić information content (AvgIpc) is 2.46. The van der Waals surface area contributed by atoms with Crippen LogP contribution >= 0.6 is 0 Å². The molecule has 122 valence electrons. The summed E-state index contributed by atoms with van der Waals surface area (Å²) in [5.41, 5.74) is 1.48. The van der Waals surface area contributed by atoms with E-state index in [1.165, 1.54) is 12.1 Å². The fourth-order valence-corrected chi connectivity index (χ4v) is 2.00. The Morgan fingerprint density at radius 2 is 2.04 bits per heavy atom. The summed E-state index contributed by atoms with van der Waals surface area (Å²) in [5, 5.41) is 5.75. The van der Waals surface area contributed by atoms with Gasteiger partial charge in [0.25, 0.3) is 5.91 Å². The van der Waals surface area contributed by atoms with Crippen LogP contribution in [0, 0.1) is 18.7 Å². The van der Waals surface area contributed by atoms with E-state index in [-0.39, 0.29) is 17.7 Å². The number of aromatic nitrogens is 2. The molecule has 0 aliphatic heterocycles. The van der Waals surface area contributed by atoms with E-state index < -0.39 is 0 Å². The number of aryl methyl sites for hydroxylation is 1. The van der Waals surface area contributed by atoms with Gasteiger partial charge in [0.1, 0.15) is 11.5 Å². The van der Waals surface area contributed by atoms with Crippen LogP contribution in [0.15, 0.2) is 30.3 Å². The normalized spacial score (nSPS) is 10.7. The van der Waals surface area contributed by atoms with E-state index in [0.717, 1.165) is 6.42 Å². The molecule has 0 saturated heterocycles. The Morgan fingerprint density at radius 3 is 2.74 bits per heavy atom. The van der Waals surface area contributed by atoms with Gasteiger partial charge in [0, 0.05) is 17.9 Å². The Hall–Kier alpha value is -2.50. The summed E-state index contributed by atoms with van der Waals surface area (Å²) in [5.74, 6) is 0.199. The SMILES string of the molecule is Cc1cc(C(=O)NCCC(C)C)nc(Nc2cccc(F)c2)n1. The van der Waals surface area contributed by atoms with Gasteiger partial charge in [0.15, 0.2) is 0 Å². The van der Waals surface area contributed by atoms with Crippen molar-refractivity contribution in [2.45, 2.75) is 27.2 Å². The maximum atomic E-state index is 13.2. The first-order valence-corrected chi connectivity index (χ1v) is 7.60. The lowest BCUT2D eigenvalue weighted by Crippen LogP contribution is -2.26. The third-order valence-electron chi connectivity index (χ3n) is 3.17. The fourth-order valence-electron chi connectivity index (χ4n) is 2.00. The second-order valence-corrected chi connectivity index (χ2v) is 5.79. The number of carbonyl (C=O) groups excluding carboxylic acids is 1. The lowest BCUT2D eigenvalue weighted by Gasteiger charge is -2.09. The minimum absolute atomic E-state index is 0.238. The van der Waals surface area contributed by atoms with Crippen LogP contribution in [0.3, 0.4) is 0 Å². The van der Waals surface area contributed by atoms with Gasteiger partial charge in [-0.05, 0) is 43.5 Å². The molecule has 1 aromatic carbocycles. The molecular formula is C17H21FN4O. The van der Waals surface area contributed by atoms with Gasteiger partial charge in [-0.1, -0.05) is 19.9 Å². The van der Waals surface area contributed by atoms with Crippen molar-refractivity contribution < 1.29 is 9.18 Å². The Balaban J connectivity index is 2.10. The lowest BCUT2D eigenvalue weighted by molar-refractivity contribution is 0.0947. The maximum Gasteiger partial charge on any atom is 0.270 e. The highest BCUT2D eigenvalue weighted by Gasteiger charge is 2.11. The first-order chi connectivity index (χ1) is 10.9.